The molecule has 0 unspecified atom stereocenters. The zero-order valence-corrected chi connectivity index (χ0v) is 41.1. The van der Waals surface area contributed by atoms with Crippen LogP contribution in [0.25, 0.3) is 22.1 Å². The lowest BCUT2D eigenvalue weighted by Crippen LogP contribution is -2.50. The highest BCUT2D eigenvalue weighted by Crippen LogP contribution is 2.38. The molecule has 2 aliphatic rings. The van der Waals surface area contributed by atoms with Crippen LogP contribution in [0.1, 0.15) is 123 Å². The first kappa shape index (κ1) is 51.3. The van der Waals surface area contributed by atoms with Gasteiger partial charge in [0.1, 0.15) is 11.3 Å². The summed E-state index contributed by atoms with van der Waals surface area (Å²) in [6.45, 7) is 27.8. The number of hydrogen-bond donors (Lipinski definition) is 1. The summed E-state index contributed by atoms with van der Waals surface area (Å²) < 4.78 is 35.4. The van der Waals surface area contributed by atoms with Gasteiger partial charge in [-0.1, -0.05) is 26.7 Å². The summed E-state index contributed by atoms with van der Waals surface area (Å²) in [5, 5.41) is 10.9. The molecule has 0 saturated carbocycles. The van der Waals surface area contributed by atoms with E-state index < -0.39 is 36.5 Å². The smallest absolute Gasteiger partial charge is 0.435 e. The van der Waals surface area contributed by atoms with Crippen molar-refractivity contribution in [3.05, 3.63) is 70.7 Å². The third-order valence-electron chi connectivity index (χ3n) is 12.6. The molecule has 1 radical (unpaired) electrons. The van der Waals surface area contributed by atoms with Crippen LogP contribution in [0.4, 0.5) is 0 Å². The Balaban J connectivity index is 0.000000210. The third-order valence-corrected chi connectivity index (χ3v) is 13.0. The van der Waals surface area contributed by atoms with Gasteiger partial charge in [-0.05, 0) is 124 Å². The number of aliphatic hydroxyl groups is 1. The lowest BCUT2D eigenvalue weighted by Gasteiger charge is -2.37. The van der Waals surface area contributed by atoms with Crippen LogP contribution >= 0.6 is 15.9 Å². The number of fused-ring (bicyclic) bond motifs is 2. The lowest BCUT2D eigenvalue weighted by molar-refractivity contribution is -0.0894. The monoisotopic (exact) mass is 925 g/mol. The minimum Gasteiger partial charge on any atom is -0.435 e. The average Bonchev–Trinajstić information content (AvgIpc) is 3.53. The molecule has 0 aromatic carbocycles. The fourth-order valence-electron chi connectivity index (χ4n) is 6.21. The van der Waals surface area contributed by atoms with E-state index in [0.717, 1.165) is 30.2 Å². The topological polar surface area (TPSA) is 180 Å². The predicted molar refractivity (Wildman–Crippen MR) is 249 cm³/mol. The molecule has 62 heavy (non-hydrogen) atoms. The molecule has 339 valence electrons. The summed E-state index contributed by atoms with van der Waals surface area (Å²) in [5.41, 5.74) is -3.14. The van der Waals surface area contributed by atoms with E-state index >= 15 is 0 Å². The fourth-order valence-corrected chi connectivity index (χ4v) is 6.54. The summed E-state index contributed by atoms with van der Waals surface area (Å²) in [6.07, 6.45) is 6.61. The van der Waals surface area contributed by atoms with Gasteiger partial charge in [-0.3, -0.25) is 27.9 Å². The maximum absolute atomic E-state index is 12.9. The molecule has 2 saturated heterocycles. The van der Waals surface area contributed by atoms with Gasteiger partial charge in [0, 0.05) is 49.5 Å². The number of hydrogen-bond acceptors (Lipinski definition) is 12. The van der Waals surface area contributed by atoms with Crippen molar-refractivity contribution < 1.29 is 28.4 Å². The molecule has 20 heteroatoms. The first-order valence-electron chi connectivity index (χ1n) is 21.2. The minimum absolute atomic E-state index is 0.268. The van der Waals surface area contributed by atoms with Crippen molar-refractivity contribution in [2.75, 3.05) is 0 Å². The van der Waals surface area contributed by atoms with Gasteiger partial charge in [-0.15, -0.1) is 0 Å². The summed E-state index contributed by atoms with van der Waals surface area (Å²) in [7, 11) is 3.67. The van der Waals surface area contributed by atoms with Gasteiger partial charge >= 0.3 is 32.9 Å². The molecule has 6 heterocycles. The number of pyridine rings is 2. The number of aryl methyl sites for hydroxylation is 2. The van der Waals surface area contributed by atoms with Crippen LogP contribution in [0.2, 0.25) is 0 Å². The molecular formula is C42H65B3BrN6O10. The van der Waals surface area contributed by atoms with E-state index in [1.54, 1.807) is 52.5 Å². The Kier molecular flexibility index (Phi) is 15.7. The second-order valence-electron chi connectivity index (χ2n) is 19.0. The average molecular weight is 926 g/mol. The predicted octanol–water partition coefficient (Wildman–Crippen LogP) is 4.61. The molecule has 2 aliphatic heterocycles. The van der Waals surface area contributed by atoms with Gasteiger partial charge in [0.2, 0.25) is 0 Å². The zero-order valence-electron chi connectivity index (χ0n) is 39.5. The Labute approximate surface area is 374 Å². The van der Waals surface area contributed by atoms with Gasteiger partial charge in [0.25, 0.3) is 11.1 Å². The Bertz CT molecular complexity index is 2460. The highest BCUT2D eigenvalue weighted by atomic mass is 79.9. The standard InChI is InChI=1S/C18H26BN3O4.C12H25B2O4.C12H14BrN3O2/c1-7-8-9-22-15(23)13-10-12(11-20-14(13)21(6)16(22)24)19-25-17(2,3)18(4,5)26-19;1-9(2,15)10(3,4)16-13-14-17-11(5,6)12(7,8)18-14;1-3-4-5-16-11(17)9-6-8(13)7-14-10(9)15(2)12(16)18/h10-11H,7-9H2,1-6H3;15H,1-8H3;6-7H,3-5H2,1-2H3. The van der Waals surface area contributed by atoms with E-state index in [-0.39, 0.29) is 33.7 Å². The Morgan fingerprint density at radius 1 is 0.710 bits per heavy atom. The molecule has 2 fully saturated rings. The van der Waals surface area contributed by atoms with Crippen molar-refractivity contribution in [2.24, 2.45) is 14.1 Å². The van der Waals surface area contributed by atoms with Crippen LogP contribution < -0.4 is 28.0 Å². The van der Waals surface area contributed by atoms with Crippen molar-refractivity contribution in [2.45, 2.75) is 169 Å². The van der Waals surface area contributed by atoms with E-state index in [4.69, 9.17) is 23.3 Å². The molecular weight excluding hydrogens is 861 g/mol. The second kappa shape index (κ2) is 19.0. The zero-order chi connectivity index (χ0) is 47.0. The van der Waals surface area contributed by atoms with E-state index in [9.17, 15) is 24.3 Å². The maximum Gasteiger partial charge on any atom is 0.496 e. The Morgan fingerprint density at radius 3 is 1.53 bits per heavy atom. The number of aromatic nitrogens is 6. The fraction of sp³-hybridized carbons (Fsp3) is 0.667. The van der Waals surface area contributed by atoms with Crippen molar-refractivity contribution in [1.82, 2.24) is 28.2 Å². The van der Waals surface area contributed by atoms with Crippen LogP contribution in [-0.2, 0) is 50.5 Å². The Hall–Kier alpha value is -3.39. The third kappa shape index (κ3) is 10.8. The first-order chi connectivity index (χ1) is 28.4. The highest BCUT2D eigenvalue weighted by molar-refractivity contribution is 9.10. The molecule has 0 spiro atoms. The van der Waals surface area contributed by atoms with Gasteiger partial charge in [0.05, 0.1) is 44.4 Å². The van der Waals surface area contributed by atoms with Crippen LogP contribution in [0.5, 0.6) is 0 Å². The van der Waals surface area contributed by atoms with Crippen molar-refractivity contribution >= 4 is 65.0 Å². The minimum atomic E-state index is -0.951. The lowest BCUT2D eigenvalue weighted by atomic mass is 9.55. The quantitative estimate of drug-likeness (QED) is 0.207. The summed E-state index contributed by atoms with van der Waals surface area (Å²) >= 11 is 3.29. The molecule has 4 aromatic heterocycles. The molecule has 0 bridgehead atoms. The molecule has 6 rings (SSSR count). The number of unbranched alkanes of at least 4 members (excludes halogenated alkanes) is 2. The van der Waals surface area contributed by atoms with Gasteiger partial charge in [-0.25, -0.2) is 19.6 Å². The van der Waals surface area contributed by atoms with Crippen molar-refractivity contribution in [1.29, 1.82) is 0 Å². The SMILES string of the molecule is CC(C)(O)C(C)(C)O[B]B1OC(C)(C)C(C)(C)O1.CCCCn1c(=O)c2cc(B3OC(C)(C)C(C)(C)O3)cnc2n(C)c1=O.CCCCn1c(=O)c2cc(Br)cnc2n(C)c1=O. The number of rotatable bonds is 11. The van der Waals surface area contributed by atoms with E-state index in [0.29, 0.717) is 40.6 Å². The Morgan fingerprint density at radius 2 is 1.11 bits per heavy atom. The van der Waals surface area contributed by atoms with Gasteiger partial charge in [-0.2, -0.15) is 0 Å². The van der Waals surface area contributed by atoms with E-state index in [2.05, 4.69) is 25.9 Å². The van der Waals surface area contributed by atoms with Crippen molar-refractivity contribution in [3.8, 4) is 0 Å². The first-order valence-corrected chi connectivity index (χ1v) is 22.0. The van der Waals surface area contributed by atoms with Crippen LogP contribution in [0.3, 0.4) is 0 Å². The number of halogens is 1. The van der Waals surface area contributed by atoms with Crippen LogP contribution in [-0.4, -0.2) is 88.4 Å². The van der Waals surface area contributed by atoms with Crippen LogP contribution in [0.15, 0.2) is 48.2 Å². The molecule has 0 aliphatic carbocycles. The van der Waals surface area contributed by atoms with E-state index in [1.165, 1.54) is 25.6 Å². The molecule has 16 nitrogen and oxygen atoms in total. The highest BCUT2D eigenvalue weighted by Gasteiger charge is 2.53. The largest absolute Gasteiger partial charge is 0.496 e. The van der Waals surface area contributed by atoms with Crippen molar-refractivity contribution in [3.63, 3.8) is 0 Å². The second-order valence-corrected chi connectivity index (χ2v) is 19.9. The summed E-state index contributed by atoms with van der Waals surface area (Å²) in [5.74, 6) is 0. The maximum atomic E-state index is 12.9. The van der Waals surface area contributed by atoms with Gasteiger partial charge < -0.3 is 28.4 Å². The summed E-state index contributed by atoms with van der Waals surface area (Å²) in [6, 6.07) is 3.43. The molecule has 0 atom stereocenters. The number of nitrogens with zero attached hydrogens (tertiary/aromatic N) is 6. The van der Waals surface area contributed by atoms with Gasteiger partial charge in [0.15, 0.2) is 0 Å². The molecule has 1 N–H and O–H groups in total. The molecule has 4 aromatic rings. The van der Waals surface area contributed by atoms with Crippen LogP contribution in [0, 0.1) is 0 Å². The molecule has 0 amide bonds. The normalized spacial score (nSPS) is 17.8. The summed E-state index contributed by atoms with van der Waals surface area (Å²) in [4.78, 5) is 58.1. The van der Waals surface area contributed by atoms with E-state index in [1.807, 2.05) is 83.1 Å².